The van der Waals surface area contributed by atoms with E-state index in [0.29, 0.717) is 6.54 Å². The number of aliphatic hydroxyl groups excluding tert-OH is 1. The minimum atomic E-state index is -0.363. The van der Waals surface area contributed by atoms with Crippen molar-refractivity contribution in [1.82, 2.24) is 5.32 Å². The molecule has 0 unspecified atom stereocenters. The Hall–Kier alpha value is -0.610. The van der Waals surface area contributed by atoms with E-state index in [1.807, 2.05) is 6.92 Å². The van der Waals surface area contributed by atoms with Crippen LogP contribution in [-0.2, 0) is 4.79 Å². The van der Waals surface area contributed by atoms with E-state index < -0.39 is 0 Å². The van der Waals surface area contributed by atoms with Crippen LogP contribution in [0.15, 0.2) is 0 Å². The summed E-state index contributed by atoms with van der Waals surface area (Å²) in [4.78, 5) is 11.3. The van der Waals surface area contributed by atoms with Gasteiger partial charge < -0.3 is 16.2 Å². The Morgan fingerprint density at radius 3 is 2.71 bits per heavy atom. The molecule has 1 amide bonds. The number of amides is 1. The smallest absolute Gasteiger partial charge is 0.236 e. The molecule has 0 spiro atoms. The van der Waals surface area contributed by atoms with Gasteiger partial charge in [-0.25, -0.2) is 0 Å². The highest BCUT2D eigenvalue weighted by Gasteiger charge is 2.10. The highest BCUT2D eigenvalue weighted by atomic mass is 16.2. The van der Waals surface area contributed by atoms with Gasteiger partial charge in [-0.05, 0) is 25.7 Å². The second-order valence-corrected chi connectivity index (χ2v) is 3.47. The van der Waals surface area contributed by atoms with E-state index in [9.17, 15) is 4.79 Å². The molecule has 0 bridgehead atoms. The molecule has 4 N–H and O–H groups in total. The lowest BCUT2D eigenvalue weighted by Gasteiger charge is -2.10. The fourth-order valence-electron chi connectivity index (χ4n) is 1.20. The van der Waals surface area contributed by atoms with Gasteiger partial charge in [-0.2, -0.15) is 0 Å². The lowest BCUT2D eigenvalue weighted by Crippen LogP contribution is -2.40. The molecule has 0 radical (unpaired) electrons. The average molecular weight is 202 g/mol. The third kappa shape index (κ3) is 6.86. The summed E-state index contributed by atoms with van der Waals surface area (Å²) in [6.45, 7) is 2.90. The number of hydrogen-bond acceptors (Lipinski definition) is 3. The zero-order valence-corrected chi connectivity index (χ0v) is 8.96. The molecular weight excluding hydrogens is 180 g/mol. The molecule has 0 rings (SSSR count). The minimum absolute atomic E-state index is 0.0594. The highest BCUT2D eigenvalue weighted by Crippen LogP contribution is 1.95. The van der Waals surface area contributed by atoms with E-state index in [4.69, 9.17) is 10.8 Å². The molecule has 0 aliphatic rings. The first-order valence-corrected chi connectivity index (χ1v) is 5.36. The molecule has 0 aromatic heterocycles. The topological polar surface area (TPSA) is 75.4 Å². The molecule has 14 heavy (non-hydrogen) atoms. The van der Waals surface area contributed by atoms with Gasteiger partial charge in [0, 0.05) is 13.2 Å². The number of aliphatic hydroxyl groups is 1. The third-order valence-electron chi connectivity index (χ3n) is 2.07. The molecule has 0 fully saturated rings. The fourth-order valence-corrected chi connectivity index (χ4v) is 1.20. The number of carbonyl (C=O) groups excluding carboxylic acids is 1. The normalized spacial score (nSPS) is 12.5. The van der Waals surface area contributed by atoms with Gasteiger partial charge in [0.05, 0.1) is 6.04 Å². The zero-order valence-electron chi connectivity index (χ0n) is 8.96. The van der Waals surface area contributed by atoms with Crippen LogP contribution in [0.1, 0.15) is 39.0 Å². The van der Waals surface area contributed by atoms with Gasteiger partial charge in [0.25, 0.3) is 0 Å². The third-order valence-corrected chi connectivity index (χ3v) is 2.07. The molecule has 0 aromatic carbocycles. The predicted octanol–water partition coefficient (Wildman–Crippen LogP) is 0.393. The second-order valence-electron chi connectivity index (χ2n) is 3.47. The van der Waals surface area contributed by atoms with E-state index in [1.54, 1.807) is 0 Å². The quantitative estimate of drug-likeness (QED) is 0.498. The highest BCUT2D eigenvalue weighted by molar-refractivity contribution is 5.81. The Morgan fingerprint density at radius 1 is 1.43 bits per heavy atom. The summed E-state index contributed by atoms with van der Waals surface area (Å²) in [7, 11) is 0. The molecule has 0 heterocycles. The Kier molecular flexibility index (Phi) is 8.57. The van der Waals surface area contributed by atoms with E-state index in [-0.39, 0.29) is 18.6 Å². The van der Waals surface area contributed by atoms with E-state index in [2.05, 4.69) is 5.32 Å². The Balaban J connectivity index is 3.34. The molecular formula is C10H22N2O2. The van der Waals surface area contributed by atoms with Crippen LogP contribution in [0.3, 0.4) is 0 Å². The number of carbonyl (C=O) groups is 1. The Morgan fingerprint density at radius 2 is 2.14 bits per heavy atom. The lowest BCUT2D eigenvalue weighted by molar-refractivity contribution is -0.122. The summed E-state index contributed by atoms with van der Waals surface area (Å²) in [6, 6.07) is -0.363. The molecule has 1 atom stereocenters. The summed E-state index contributed by atoms with van der Waals surface area (Å²) < 4.78 is 0. The van der Waals surface area contributed by atoms with Crippen molar-refractivity contribution in [2.75, 3.05) is 13.2 Å². The van der Waals surface area contributed by atoms with E-state index in [1.165, 1.54) is 0 Å². The van der Waals surface area contributed by atoms with Crippen LogP contribution in [0.25, 0.3) is 0 Å². The zero-order chi connectivity index (χ0) is 10.8. The minimum Gasteiger partial charge on any atom is -0.396 e. The first-order chi connectivity index (χ1) is 6.72. The number of nitrogens with one attached hydrogen (secondary N) is 1. The van der Waals surface area contributed by atoms with E-state index in [0.717, 1.165) is 32.1 Å². The van der Waals surface area contributed by atoms with Crippen LogP contribution in [-0.4, -0.2) is 30.2 Å². The van der Waals surface area contributed by atoms with Gasteiger partial charge in [-0.3, -0.25) is 4.79 Å². The van der Waals surface area contributed by atoms with Crippen molar-refractivity contribution in [3.63, 3.8) is 0 Å². The van der Waals surface area contributed by atoms with Crippen LogP contribution in [0, 0.1) is 0 Å². The Bertz CT molecular complexity index is 151. The van der Waals surface area contributed by atoms with Crippen LogP contribution in [0.5, 0.6) is 0 Å². The predicted molar refractivity (Wildman–Crippen MR) is 56.8 cm³/mol. The maximum atomic E-state index is 11.3. The maximum Gasteiger partial charge on any atom is 0.236 e. The van der Waals surface area contributed by atoms with Crippen molar-refractivity contribution in [3.8, 4) is 0 Å². The van der Waals surface area contributed by atoms with Crippen LogP contribution >= 0.6 is 0 Å². The van der Waals surface area contributed by atoms with Gasteiger partial charge in [-0.15, -0.1) is 0 Å². The number of nitrogens with two attached hydrogens (primary N) is 1. The largest absolute Gasteiger partial charge is 0.396 e. The summed E-state index contributed by atoms with van der Waals surface area (Å²) >= 11 is 0. The summed E-state index contributed by atoms with van der Waals surface area (Å²) in [5.41, 5.74) is 5.62. The van der Waals surface area contributed by atoms with Crippen molar-refractivity contribution < 1.29 is 9.90 Å². The molecule has 4 nitrogen and oxygen atoms in total. The standard InChI is InChI=1S/C10H22N2O2/c1-2-6-9(11)10(14)12-7-4-3-5-8-13/h9,13H,2-8,11H2,1H3,(H,12,14)/t9-/m0/s1. The SMILES string of the molecule is CCC[C@H](N)C(=O)NCCCCCO. The lowest BCUT2D eigenvalue weighted by atomic mass is 10.1. The first kappa shape index (κ1) is 13.4. The van der Waals surface area contributed by atoms with Crippen molar-refractivity contribution in [1.29, 1.82) is 0 Å². The van der Waals surface area contributed by atoms with Crippen molar-refractivity contribution in [2.24, 2.45) is 5.73 Å². The maximum absolute atomic E-state index is 11.3. The average Bonchev–Trinajstić information content (AvgIpc) is 2.17. The van der Waals surface area contributed by atoms with Crippen molar-refractivity contribution in [2.45, 2.75) is 45.1 Å². The van der Waals surface area contributed by atoms with E-state index >= 15 is 0 Å². The van der Waals surface area contributed by atoms with Gasteiger partial charge in [0.2, 0.25) is 5.91 Å². The monoisotopic (exact) mass is 202 g/mol. The van der Waals surface area contributed by atoms with Gasteiger partial charge in [0.1, 0.15) is 0 Å². The summed E-state index contributed by atoms with van der Waals surface area (Å²) in [5, 5.41) is 11.3. The number of rotatable bonds is 8. The van der Waals surface area contributed by atoms with Crippen molar-refractivity contribution in [3.05, 3.63) is 0 Å². The molecule has 0 saturated heterocycles. The summed E-state index contributed by atoms with van der Waals surface area (Å²) in [6.07, 6.45) is 4.32. The molecule has 0 aliphatic carbocycles. The number of hydrogen-bond donors (Lipinski definition) is 3. The van der Waals surface area contributed by atoms with Gasteiger partial charge in [0.15, 0.2) is 0 Å². The van der Waals surface area contributed by atoms with Crippen LogP contribution in [0.4, 0.5) is 0 Å². The molecule has 4 heteroatoms. The second kappa shape index (κ2) is 8.97. The fraction of sp³-hybridized carbons (Fsp3) is 0.900. The van der Waals surface area contributed by atoms with Crippen LogP contribution < -0.4 is 11.1 Å². The summed E-state index contributed by atoms with van der Waals surface area (Å²) in [5.74, 6) is -0.0594. The molecule has 0 aliphatic heterocycles. The van der Waals surface area contributed by atoms with Crippen molar-refractivity contribution >= 4 is 5.91 Å². The van der Waals surface area contributed by atoms with Gasteiger partial charge >= 0.3 is 0 Å². The van der Waals surface area contributed by atoms with Gasteiger partial charge in [-0.1, -0.05) is 13.3 Å². The Labute approximate surface area is 85.9 Å². The number of unbranched alkanes of at least 4 members (excludes halogenated alkanes) is 2. The van der Waals surface area contributed by atoms with Crippen LogP contribution in [0.2, 0.25) is 0 Å². The molecule has 0 saturated carbocycles. The molecule has 0 aromatic rings. The first-order valence-electron chi connectivity index (χ1n) is 5.36. The molecule has 84 valence electrons.